The maximum atomic E-state index is 12.6. The van der Waals surface area contributed by atoms with Gasteiger partial charge in [-0.15, -0.1) is 0 Å². The average Bonchev–Trinajstić information content (AvgIpc) is 2.68. The van der Waals surface area contributed by atoms with E-state index >= 15 is 0 Å². The Morgan fingerprint density at radius 3 is 2.46 bits per heavy atom. The third-order valence-electron chi connectivity index (χ3n) is 4.81. The van der Waals surface area contributed by atoms with Gasteiger partial charge in [0.25, 0.3) is 5.91 Å². The second kappa shape index (κ2) is 8.15. The van der Waals surface area contributed by atoms with E-state index in [1.54, 1.807) is 24.1 Å². The largest absolute Gasteiger partial charge is 0.497 e. The number of likely N-dealkylation sites (tertiary alicyclic amines) is 1. The number of amides is 1. The maximum absolute atomic E-state index is 12.6. The van der Waals surface area contributed by atoms with E-state index in [1.807, 2.05) is 42.5 Å². The van der Waals surface area contributed by atoms with Gasteiger partial charge >= 0.3 is 0 Å². The molecule has 0 saturated carbocycles. The van der Waals surface area contributed by atoms with Crippen LogP contribution in [0.1, 0.15) is 35.2 Å². The average molecular weight is 353 g/mol. The van der Waals surface area contributed by atoms with Crippen LogP contribution < -0.4 is 4.74 Å². The van der Waals surface area contributed by atoms with E-state index in [2.05, 4.69) is 0 Å². The SMILES string of the molecule is COc1ccc(CN2C(=O)[C@@H](O)CC[C@H]2CC(=O)c2ccccc2)cc1. The zero-order valence-electron chi connectivity index (χ0n) is 14.8. The lowest BCUT2D eigenvalue weighted by Gasteiger charge is -2.37. The summed E-state index contributed by atoms with van der Waals surface area (Å²) in [6.07, 6.45) is 0.279. The van der Waals surface area contributed by atoms with Crippen molar-refractivity contribution in [2.75, 3.05) is 7.11 Å². The molecule has 0 aromatic heterocycles. The minimum atomic E-state index is -0.990. The molecule has 26 heavy (non-hydrogen) atoms. The third-order valence-corrected chi connectivity index (χ3v) is 4.81. The van der Waals surface area contributed by atoms with E-state index in [0.717, 1.165) is 11.3 Å². The molecule has 3 rings (SSSR count). The zero-order valence-corrected chi connectivity index (χ0v) is 14.8. The summed E-state index contributed by atoms with van der Waals surface area (Å²) in [6.45, 7) is 0.368. The van der Waals surface area contributed by atoms with E-state index in [-0.39, 0.29) is 24.2 Å². The van der Waals surface area contributed by atoms with Crippen molar-refractivity contribution in [2.24, 2.45) is 0 Å². The van der Waals surface area contributed by atoms with Gasteiger partial charge in [-0.3, -0.25) is 9.59 Å². The molecule has 136 valence electrons. The van der Waals surface area contributed by atoms with Gasteiger partial charge in [0.1, 0.15) is 11.9 Å². The monoisotopic (exact) mass is 353 g/mol. The molecule has 0 bridgehead atoms. The van der Waals surface area contributed by atoms with Gasteiger partial charge in [-0.25, -0.2) is 0 Å². The number of carbonyl (C=O) groups is 2. The minimum absolute atomic E-state index is 0.0134. The highest BCUT2D eigenvalue weighted by molar-refractivity contribution is 5.96. The number of methoxy groups -OCH3 is 1. The third kappa shape index (κ3) is 4.11. The quantitative estimate of drug-likeness (QED) is 0.811. The van der Waals surface area contributed by atoms with Gasteiger partial charge in [-0.1, -0.05) is 42.5 Å². The minimum Gasteiger partial charge on any atom is -0.497 e. The van der Waals surface area contributed by atoms with Gasteiger partial charge in [-0.2, -0.15) is 0 Å². The predicted molar refractivity (Wildman–Crippen MR) is 98.0 cm³/mol. The maximum Gasteiger partial charge on any atom is 0.251 e. The number of hydrogen-bond acceptors (Lipinski definition) is 4. The summed E-state index contributed by atoms with van der Waals surface area (Å²) in [5.41, 5.74) is 1.58. The Hall–Kier alpha value is -2.66. The highest BCUT2D eigenvalue weighted by atomic mass is 16.5. The first-order chi connectivity index (χ1) is 12.6. The Morgan fingerprint density at radius 1 is 1.12 bits per heavy atom. The van der Waals surface area contributed by atoms with Gasteiger partial charge in [0.05, 0.1) is 7.11 Å². The summed E-state index contributed by atoms with van der Waals surface area (Å²) in [6, 6.07) is 16.4. The summed E-state index contributed by atoms with van der Waals surface area (Å²) < 4.78 is 5.15. The molecule has 1 aliphatic heterocycles. The molecule has 0 unspecified atom stereocenters. The molecule has 5 nitrogen and oxygen atoms in total. The topological polar surface area (TPSA) is 66.8 Å². The standard InChI is InChI=1S/C21H23NO4/c1-26-18-10-7-15(8-11-18)14-22-17(9-12-19(23)21(22)25)13-20(24)16-5-3-2-4-6-16/h2-8,10-11,17,19,23H,9,12-14H2,1H3/t17-,19-/m0/s1. The summed E-state index contributed by atoms with van der Waals surface area (Å²) in [5.74, 6) is 0.451. The number of piperidine rings is 1. The van der Waals surface area contributed by atoms with Gasteiger partial charge in [-0.05, 0) is 30.5 Å². The second-order valence-corrected chi connectivity index (χ2v) is 6.55. The lowest BCUT2D eigenvalue weighted by atomic mass is 9.93. The normalized spacial score (nSPS) is 20.1. The fourth-order valence-electron chi connectivity index (χ4n) is 3.30. The molecule has 0 radical (unpaired) electrons. The molecule has 2 aromatic rings. The predicted octanol–water partition coefficient (Wildman–Crippen LogP) is 2.82. The fraction of sp³-hybridized carbons (Fsp3) is 0.333. The van der Waals surface area contributed by atoms with E-state index in [0.29, 0.717) is 24.9 Å². The number of hydrogen-bond donors (Lipinski definition) is 1. The molecule has 1 fully saturated rings. The molecule has 0 spiro atoms. The first-order valence-corrected chi connectivity index (χ1v) is 8.78. The van der Waals surface area contributed by atoms with Crippen LogP contribution in [-0.2, 0) is 11.3 Å². The fourth-order valence-corrected chi connectivity index (χ4v) is 3.30. The molecule has 2 aromatic carbocycles. The molecular weight excluding hydrogens is 330 g/mol. The lowest BCUT2D eigenvalue weighted by molar-refractivity contribution is -0.148. The number of nitrogens with zero attached hydrogens (tertiary/aromatic N) is 1. The number of aliphatic hydroxyl groups excluding tert-OH is 1. The van der Waals surface area contributed by atoms with Crippen molar-refractivity contribution in [1.82, 2.24) is 4.90 Å². The molecule has 5 heteroatoms. The number of benzene rings is 2. The molecule has 0 aliphatic carbocycles. The number of aliphatic hydroxyl groups is 1. The first kappa shape index (κ1) is 18.1. The first-order valence-electron chi connectivity index (χ1n) is 8.78. The zero-order chi connectivity index (χ0) is 18.5. The van der Waals surface area contributed by atoms with Crippen molar-refractivity contribution in [2.45, 2.75) is 38.0 Å². The summed E-state index contributed by atoms with van der Waals surface area (Å²) in [7, 11) is 1.60. The molecule has 1 saturated heterocycles. The lowest BCUT2D eigenvalue weighted by Crippen LogP contribution is -2.50. The van der Waals surface area contributed by atoms with Crippen LogP contribution in [-0.4, -0.2) is 41.0 Å². The van der Waals surface area contributed by atoms with Crippen LogP contribution in [0.2, 0.25) is 0 Å². The highest BCUT2D eigenvalue weighted by Gasteiger charge is 2.35. The summed E-state index contributed by atoms with van der Waals surface area (Å²) in [4.78, 5) is 26.7. The Bertz CT molecular complexity index is 757. The van der Waals surface area contributed by atoms with Crippen LogP contribution in [0.3, 0.4) is 0 Å². The van der Waals surface area contributed by atoms with Crippen LogP contribution in [0.5, 0.6) is 5.75 Å². The number of carbonyl (C=O) groups excluding carboxylic acids is 2. The van der Waals surface area contributed by atoms with Gasteiger partial charge in [0.15, 0.2) is 5.78 Å². The van der Waals surface area contributed by atoms with Crippen molar-refractivity contribution in [3.8, 4) is 5.75 Å². The molecule has 2 atom stereocenters. The smallest absolute Gasteiger partial charge is 0.251 e. The van der Waals surface area contributed by atoms with Crippen molar-refractivity contribution in [3.05, 3.63) is 65.7 Å². The van der Waals surface area contributed by atoms with Crippen LogP contribution in [0.15, 0.2) is 54.6 Å². The molecule has 1 amide bonds. The highest BCUT2D eigenvalue weighted by Crippen LogP contribution is 2.25. The van der Waals surface area contributed by atoms with Crippen LogP contribution in [0.4, 0.5) is 0 Å². The van der Waals surface area contributed by atoms with E-state index < -0.39 is 6.10 Å². The summed E-state index contributed by atoms with van der Waals surface area (Å²) >= 11 is 0. The summed E-state index contributed by atoms with van der Waals surface area (Å²) in [5, 5.41) is 9.98. The Kier molecular flexibility index (Phi) is 5.68. The van der Waals surface area contributed by atoms with Crippen molar-refractivity contribution in [1.29, 1.82) is 0 Å². The van der Waals surface area contributed by atoms with Gasteiger partial charge in [0.2, 0.25) is 0 Å². The molecular formula is C21H23NO4. The van der Waals surface area contributed by atoms with Crippen molar-refractivity contribution >= 4 is 11.7 Å². The van der Waals surface area contributed by atoms with E-state index in [1.165, 1.54) is 0 Å². The molecule has 1 aliphatic rings. The Labute approximate surface area is 153 Å². The molecule has 1 N–H and O–H groups in total. The van der Waals surface area contributed by atoms with E-state index in [9.17, 15) is 14.7 Å². The van der Waals surface area contributed by atoms with Crippen molar-refractivity contribution < 1.29 is 19.4 Å². The van der Waals surface area contributed by atoms with Crippen LogP contribution in [0, 0.1) is 0 Å². The Morgan fingerprint density at radius 2 is 1.81 bits per heavy atom. The second-order valence-electron chi connectivity index (χ2n) is 6.55. The van der Waals surface area contributed by atoms with E-state index in [4.69, 9.17) is 4.74 Å². The number of Topliss-reactive ketones (excluding diaryl/α,β-unsaturated/α-hetero) is 1. The van der Waals surface area contributed by atoms with Crippen molar-refractivity contribution in [3.63, 3.8) is 0 Å². The number of rotatable bonds is 6. The molecule has 1 heterocycles. The van der Waals surface area contributed by atoms with Crippen LogP contribution in [0.25, 0.3) is 0 Å². The number of ether oxygens (including phenoxy) is 1. The van der Waals surface area contributed by atoms with Crippen LogP contribution >= 0.6 is 0 Å². The Balaban J connectivity index is 1.75. The number of ketones is 1. The van der Waals surface area contributed by atoms with Gasteiger partial charge in [0, 0.05) is 24.6 Å². The van der Waals surface area contributed by atoms with Gasteiger partial charge < -0.3 is 14.7 Å².